The Morgan fingerprint density at radius 1 is 1.25 bits per heavy atom. The fourth-order valence-electron chi connectivity index (χ4n) is 2.62. The fourth-order valence-corrected chi connectivity index (χ4v) is 2.83. The number of aromatic amines is 1. The summed E-state index contributed by atoms with van der Waals surface area (Å²) in [4.78, 5) is 27.0. The molecule has 24 heavy (non-hydrogen) atoms. The van der Waals surface area contributed by atoms with Gasteiger partial charge in [-0.2, -0.15) is 0 Å². The summed E-state index contributed by atoms with van der Waals surface area (Å²) in [5, 5.41) is 4.29. The minimum absolute atomic E-state index is 0.223. The summed E-state index contributed by atoms with van der Waals surface area (Å²) in [6.45, 7) is 1.96. The largest absolute Gasteiger partial charge is 0.329 e. The van der Waals surface area contributed by atoms with Gasteiger partial charge in [-0.1, -0.05) is 36.1 Å². The SMILES string of the molecule is [B]c1ccc(C(=O)Nc2cc3cc[nH]c(=O)c3cc2Cl)c(CC)c1. The van der Waals surface area contributed by atoms with Crippen LogP contribution in [0.4, 0.5) is 5.69 Å². The number of carbonyl (C=O) groups is 1. The summed E-state index contributed by atoms with van der Waals surface area (Å²) < 4.78 is 0. The van der Waals surface area contributed by atoms with E-state index in [2.05, 4.69) is 10.3 Å². The van der Waals surface area contributed by atoms with Crippen molar-refractivity contribution < 1.29 is 4.79 Å². The van der Waals surface area contributed by atoms with Crippen LogP contribution in [0.15, 0.2) is 47.4 Å². The second-order valence-electron chi connectivity index (χ2n) is 5.45. The Kier molecular flexibility index (Phi) is 4.45. The van der Waals surface area contributed by atoms with E-state index in [1.807, 2.05) is 6.92 Å². The van der Waals surface area contributed by atoms with E-state index in [4.69, 9.17) is 19.4 Å². The number of rotatable bonds is 3. The molecule has 1 aromatic heterocycles. The highest BCUT2D eigenvalue weighted by Gasteiger charge is 2.13. The van der Waals surface area contributed by atoms with Gasteiger partial charge in [-0.05, 0) is 41.6 Å². The Bertz CT molecular complexity index is 998. The van der Waals surface area contributed by atoms with Gasteiger partial charge < -0.3 is 10.3 Å². The highest BCUT2D eigenvalue weighted by Crippen LogP contribution is 2.27. The molecule has 0 aliphatic heterocycles. The van der Waals surface area contributed by atoms with E-state index in [-0.39, 0.29) is 11.5 Å². The Balaban J connectivity index is 1.99. The van der Waals surface area contributed by atoms with Crippen molar-refractivity contribution in [2.45, 2.75) is 13.3 Å². The zero-order chi connectivity index (χ0) is 17.3. The number of amides is 1. The summed E-state index contributed by atoms with van der Waals surface area (Å²) >= 11 is 6.22. The van der Waals surface area contributed by atoms with Crippen molar-refractivity contribution in [2.75, 3.05) is 5.32 Å². The molecular formula is C18H14BClN2O2. The first-order valence-electron chi connectivity index (χ1n) is 7.50. The lowest BCUT2D eigenvalue weighted by molar-refractivity contribution is 0.102. The highest BCUT2D eigenvalue weighted by atomic mass is 35.5. The van der Waals surface area contributed by atoms with E-state index in [1.165, 1.54) is 0 Å². The molecule has 2 aromatic carbocycles. The van der Waals surface area contributed by atoms with Crippen LogP contribution in [-0.4, -0.2) is 18.7 Å². The zero-order valence-corrected chi connectivity index (χ0v) is 13.8. The molecule has 1 heterocycles. The van der Waals surface area contributed by atoms with Crippen LogP contribution < -0.4 is 16.3 Å². The quantitative estimate of drug-likeness (QED) is 0.723. The normalized spacial score (nSPS) is 10.8. The molecule has 3 rings (SSSR count). The lowest BCUT2D eigenvalue weighted by atomic mass is 9.91. The van der Waals surface area contributed by atoms with E-state index >= 15 is 0 Å². The van der Waals surface area contributed by atoms with Crippen LogP contribution in [0.3, 0.4) is 0 Å². The summed E-state index contributed by atoms with van der Waals surface area (Å²) in [5.41, 5.74) is 2.26. The Hall–Kier alpha value is -2.53. The number of H-pyrrole nitrogens is 1. The summed E-state index contributed by atoms with van der Waals surface area (Å²) in [6.07, 6.45) is 2.24. The lowest BCUT2D eigenvalue weighted by Gasteiger charge is -2.12. The zero-order valence-electron chi connectivity index (χ0n) is 13.0. The standard InChI is InChI=1S/C18H14BClN2O2/c1-2-10-7-12(19)3-4-13(10)18(24)22-16-8-11-5-6-21-17(23)14(11)9-15(16)20/h3-9H,2H2,1H3,(H,21,23)(H,22,24). The van der Waals surface area contributed by atoms with Gasteiger partial charge in [0.2, 0.25) is 0 Å². The van der Waals surface area contributed by atoms with Gasteiger partial charge >= 0.3 is 0 Å². The molecule has 0 aliphatic carbocycles. The van der Waals surface area contributed by atoms with Gasteiger partial charge in [0.25, 0.3) is 11.5 Å². The first-order chi connectivity index (χ1) is 11.5. The number of nitrogens with one attached hydrogen (secondary N) is 2. The molecule has 2 N–H and O–H groups in total. The van der Waals surface area contributed by atoms with E-state index in [0.717, 1.165) is 5.56 Å². The number of aryl methyl sites for hydroxylation is 1. The maximum Gasteiger partial charge on any atom is 0.255 e. The number of carbonyl (C=O) groups excluding carboxylic acids is 1. The summed E-state index contributed by atoms with van der Waals surface area (Å²) in [7, 11) is 5.77. The third kappa shape index (κ3) is 3.08. The molecule has 6 heteroatoms. The van der Waals surface area contributed by atoms with Crippen molar-refractivity contribution in [3.05, 3.63) is 69.1 Å². The molecule has 3 aromatic rings. The van der Waals surface area contributed by atoms with Crippen molar-refractivity contribution in [2.24, 2.45) is 0 Å². The van der Waals surface area contributed by atoms with Crippen molar-refractivity contribution >= 4 is 47.3 Å². The summed E-state index contributed by atoms with van der Waals surface area (Å²) in [6, 6.07) is 10.2. The van der Waals surface area contributed by atoms with Crippen LogP contribution in [0.2, 0.25) is 5.02 Å². The molecule has 2 radical (unpaired) electrons. The smallest absolute Gasteiger partial charge is 0.255 e. The summed E-state index contributed by atoms with van der Waals surface area (Å²) in [5.74, 6) is -0.266. The first-order valence-corrected chi connectivity index (χ1v) is 7.88. The van der Waals surface area contributed by atoms with Gasteiger partial charge in [0, 0.05) is 17.1 Å². The number of hydrogen-bond acceptors (Lipinski definition) is 2. The van der Waals surface area contributed by atoms with E-state index < -0.39 is 0 Å². The van der Waals surface area contributed by atoms with Gasteiger partial charge in [0.1, 0.15) is 7.85 Å². The molecule has 0 aliphatic rings. The molecule has 0 spiro atoms. The average molecular weight is 337 g/mol. The molecule has 0 saturated carbocycles. The van der Waals surface area contributed by atoms with Gasteiger partial charge in [-0.3, -0.25) is 9.59 Å². The maximum absolute atomic E-state index is 12.6. The van der Waals surface area contributed by atoms with Crippen molar-refractivity contribution in [1.29, 1.82) is 0 Å². The number of aromatic nitrogens is 1. The lowest BCUT2D eigenvalue weighted by Crippen LogP contribution is -2.17. The van der Waals surface area contributed by atoms with Gasteiger partial charge in [-0.25, -0.2) is 0 Å². The van der Waals surface area contributed by atoms with E-state index in [0.29, 0.717) is 38.9 Å². The second kappa shape index (κ2) is 6.53. The van der Waals surface area contributed by atoms with Crippen molar-refractivity contribution in [1.82, 2.24) is 4.98 Å². The molecule has 0 saturated heterocycles. The third-order valence-corrected chi connectivity index (χ3v) is 4.18. The number of fused-ring (bicyclic) bond motifs is 1. The molecule has 0 fully saturated rings. The van der Waals surface area contributed by atoms with Crippen LogP contribution in [0.5, 0.6) is 0 Å². The number of halogens is 1. The van der Waals surface area contributed by atoms with Crippen LogP contribution in [0.25, 0.3) is 10.8 Å². The molecule has 1 amide bonds. The Labute approximate surface area is 145 Å². The van der Waals surface area contributed by atoms with Crippen molar-refractivity contribution in [3.63, 3.8) is 0 Å². The molecule has 0 atom stereocenters. The average Bonchev–Trinajstić information content (AvgIpc) is 2.56. The Morgan fingerprint density at radius 3 is 2.79 bits per heavy atom. The highest BCUT2D eigenvalue weighted by molar-refractivity contribution is 6.35. The number of pyridine rings is 1. The molecular weight excluding hydrogens is 322 g/mol. The van der Waals surface area contributed by atoms with Crippen LogP contribution in [0, 0.1) is 0 Å². The third-order valence-electron chi connectivity index (χ3n) is 3.86. The molecule has 0 unspecified atom stereocenters. The molecule has 0 bridgehead atoms. The predicted octanol–water partition coefficient (Wildman–Crippen LogP) is 2.79. The monoisotopic (exact) mass is 336 g/mol. The first kappa shape index (κ1) is 16.3. The van der Waals surface area contributed by atoms with Gasteiger partial charge in [0.05, 0.1) is 10.7 Å². The number of anilines is 1. The van der Waals surface area contributed by atoms with Crippen LogP contribution >= 0.6 is 11.6 Å². The maximum atomic E-state index is 12.6. The minimum Gasteiger partial charge on any atom is -0.329 e. The van der Waals surface area contributed by atoms with E-state index in [9.17, 15) is 9.59 Å². The number of benzene rings is 2. The molecule has 118 valence electrons. The molecule has 4 nitrogen and oxygen atoms in total. The minimum atomic E-state index is -0.266. The van der Waals surface area contributed by atoms with Gasteiger partial charge in [0.15, 0.2) is 0 Å². The Morgan fingerprint density at radius 2 is 2.04 bits per heavy atom. The fraction of sp³-hybridized carbons (Fsp3) is 0.111. The number of hydrogen-bond donors (Lipinski definition) is 2. The van der Waals surface area contributed by atoms with Crippen LogP contribution in [-0.2, 0) is 6.42 Å². The van der Waals surface area contributed by atoms with Gasteiger partial charge in [-0.15, -0.1) is 0 Å². The van der Waals surface area contributed by atoms with Crippen molar-refractivity contribution in [3.8, 4) is 0 Å². The van der Waals surface area contributed by atoms with Crippen LogP contribution in [0.1, 0.15) is 22.8 Å². The second-order valence-corrected chi connectivity index (χ2v) is 5.86. The predicted molar refractivity (Wildman–Crippen MR) is 98.7 cm³/mol. The topological polar surface area (TPSA) is 62.0 Å². The van der Waals surface area contributed by atoms with E-state index in [1.54, 1.807) is 42.6 Å².